The van der Waals surface area contributed by atoms with Crippen LogP contribution in [0, 0.1) is 5.82 Å². The van der Waals surface area contributed by atoms with Crippen LogP contribution < -0.4 is 5.32 Å². The van der Waals surface area contributed by atoms with Crippen molar-refractivity contribution in [1.82, 2.24) is 14.8 Å². The number of benzene rings is 2. The first-order chi connectivity index (χ1) is 11.6. The molecule has 1 aliphatic heterocycles. The molecule has 0 spiro atoms. The molecule has 0 bridgehead atoms. The minimum Gasteiger partial charge on any atom is -0.348 e. The lowest BCUT2D eigenvalue weighted by Gasteiger charge is -2.32. The van der Waals surface area contributed by atoms with Gasteiger partial charge in [-0.05, 0) is 42.3 Å². The maximum absolute atomic E-state index is 14.4. The second-order valence-electron chi connectivity index (χ2n) is 5.69. The third-order valence-corrected chi connectivity index (χ3v) is 5.24. The minimum atomic E-state index is -0.235. The number of rotatable bonds is 2. The Morgan fingerprint density at radius 2 is 1.83 bits per heavy atom. The second kappa shape index (κ2) is 6.29. The summed E-state index contributed by atoms with van der Waals surface area (Å²) < 4.78 is 18.1. The van der Waals surface area contributed by atoms with Crippen molar-refractivity contribution in [2.24, 2.45) is 0 Å². The molecular weight excluding hydrogens is 439 g/mol. The van der Waals surface area contributed by atoms with E-state index < -0.39 is 0 Å². The molecule has 1 aromatic heterocycles. The summed E-state index contributed by atoms with van der Waals surface area (Å²) in [5, 5.41) is 7.67. The zero-order valence-electron chi connectivity index (χ0n) is 12.5. The van der Waals surface area contributed by atoms with Crippen molar-refractivity contribution in [1.29, 1.82) is 0 Å². The van der Waals surface area contributed by atoms with E-state index >= 15 is 0 Å². The van der Waals surface area contributed by atoms with Gasteiger partial charge in [0.05, 0.1) is 12.1 Å². The highest BCUT2D eigenvalue weighted by Crippen LogP contribution is 2.38. The molecule has 4 nitrogen and oxygen atoms in total. The van der Waals surface area contributed by atoms with E-state index in [0.29, 0.717) is 17.9 Å². The van der Waals surface area contributed by atoms with Gasteiger partial charge in [-0.25, -0.2) is 9.07 Å². The van der Waals surface area contributed by atoms with Gasteiger partial charge in [-0.2, -0.15) is 10.1 Å². The molecule has 1 N–H and O–H groups in total. The quantitative estimate of drug-likeness (QED) is 0.590. The molecule has 4 rings (SSSR count). The van der Waals surface area contributed by atoms with Crippen LogP contribution in [-0.4, -0.2) is 14.8 Å². The molecule has 24 heavy (non-hydrogen) atoms. The molecule has 3 aromatic rings. The van der Waals surface area contributed by atoms with Gasteiger partial charge in [0.1, 0.15) is 12.1 Å². The normalized spacial score (nSPS) is 19.6. The number of fused-ring (bicyclic) bond motifs is 1. The summed E-state index contributed by atoms with van der Waals surface area (Å²) in [5.41, 5.74) is 1.74. The SMILES string of the molecule is Fc1ccc(Br)cc1[C@@H]1C[C@@H](c2ccc(Br)cc2)Nc2ncnn21. The third kappa shape index (κ3) is 2.86. The van der Waals surface area contributed by atoms with Gasteiger partial charge in [0.15, 0.2) is 0 Å². The first-order valence-corrected chi connectivity index (χ1v) is 9.07. The molecule has 0 aliphatic carbocycles. The molecule has 122 valence electrons. The van der Waals surface area contributed by atoms with Gasteiger partial charge < -0.3 is 5.32 Å². The number of anilines is 1. The van der Waals surface area contributed by atoms with Crippen molar-refractivity contribution in [3.05, 3.63) is 74.7 Å². The summed E-state index contributed by atoms with van der Waals surface area (Å²) >= 11 is 6.88. The van der Waals surface area contributed by atoms with Crippen LogP contribution in [0.15, 0.2) is 57.7 Å². The Bertz CT molecular complexity index is 879. The van der Waals surface area contributed by atoms with E-state index in [-0.39, 0.29) is 17.9 Å². The van der Waals surface area contributed by atoms with Gasteiger partial charge in [0.2, 0.25) is 5.95 Å². The molecular formula is C17H13Br2FN4. The largest absolute Gasteiger partial charge is 0.348 e. The Hall–Kier alpha value is -1.73. The Kier molecular flexibility index (Phi) is 4.14. The van der Waals surface area contributed by atoms with E-state index in [1.54, 1.807) is 10.7 Å². The summed E-state index contributed by atoms with van der Waals surface area (Å²) in [6.45, 7) is 0. The Labute approximate surface area is 155 Å². The fraction of sp³-hybridized carbons (Fsp3) is 0.176. The van der Waals surface area contributed by atoms with E-state index in [1.807, 2.05) is 18.2 Å². The van der Waals surface area contributed by atoms with Crippen LogP contribution >= 0.6 is 31.9 Å². The molecule has 2 atom stereocenters. The maximum atomic E-state index is 14.4. The zero-order valence-corrected chi connectivity index (χ0v) is 15.6. The Balaban J connectivity index is 1.76. The third-order valence-electron chi connectivity index (χ3n) is 4.22. The summed E-state index contributed by atoms with van der Waals surface area (Å²) in [7, 11) is 0. The van der Waals surface area contributed by atoms with Crippen molar-refractivity contribution in [3.63, 3.8) is 0 Å². The van der Waals surface area contributed by atoms with Gasteiger partial charge in [-0.3, -0.25) is 0 Å². The molecule has 1 aliphatic rings. The van der Waals surface area contributed by atoms with Gasteiger partial charge in [-0.1, -0.05) is 44.0 Å². The highest BCUT2D eigenvalue weighted by Gasteiger charge is 2.31. The molecule has 0 radical (unpaired) electrons. The second-order valence-corrected chi connectivity index (χ2v) is 7.53. The Morgan fingerprint density at radius 1 is 1.08 bits per heavy atom. The number of hydrogen-bond donors (Lipinski definition) is 1. The minimum absolute atomic E-state index is 0.0400. The van der Waals surface area contributed by atoms with E-state index in [1.165, 1.54) is 12.4 Å². The summed E-state index contributed by atoms with van der Waals surface area (Å²) in [5.74, 6) is 0.416. The monoisotopic (exact) mass is 450 g/mol. The average Bonchev–Trinajstić information content (AvgIpc) is 3.05. The van der Waals surface area contributed by atoms with Crippen molar-refractivity contribution < 1.29 is 4.39 Å². The molecule has 2 aromatic carbocycles. The molecule has 7 heteroatoms. The molecule has 0 amide bonds. The molecule has 0 saturated heterocycles. The van der Waals surface area contributed by atoms with Gasteiger partial charge in [0.25, 0.3) is 0 Å². The van der Waals surface area contributed by atoms with E-state index in [4.69, 9.17) is 0 Å². The van der Waals surface area contributed by atoms with E-state index in [2.05, 4.69) is 59.4 Å². The predicted octanol–water partition coefficient (Wildman–Crippen LogP) is 5.09. The summed E-state index contributed by atoms with van der Waals surface area (Å²) in [4.78, 5) is 4.28. The standard InChI is InChI=1S/C17H13Br2FN4/c18-11-3-1-10(2-4-11)15-8-16(24-17(23-15)21-9-22-24)13-7-12(19)5-6-14(13)20/h1-7,9,15-16H,8H2,(H,21,22,23)/t15-,16-/m0/s1. The number of hydrogen-bond acceptors (Lipinski definition) is 3. The van der Waals surface area contributed by atoms with Crippen LogP contribution in [-0.2, 0) is 0 Å². The van der Waals surface area contributed by atoms with E-state index in [0.717, 1.165) is 14.5 Å². The maximum Gasteiger partial charge on any atom is 0.222 e. The van der Waals surface area contributed by atoms with Crippen LogP contribution in [0.5, 0.6) is 0 Å². The van der Waals surface area contributed by atoms with Crippen LogP contribution in [0.4, 0.5) is 10.3 Å². The lowest BCUT2D eigenvalue weighted by atomic mass is 9.93. The van der Waals surface area contributed by atoms with Gasteiger partial charge in [0, 0.05) is 14.5 Å². The fourth-order valence-corrected chi connectivity index (χ4v) is 3.71. The average molecular weight is 452 g/mol. The highest BCUT2D eigenvalue weighted by molar-refractivity contribution is 9.10. The van der Waals surface area contributed by atoms with Crippen LogP contribution in [0.25, 0.3) is 0 Å². The number of aromatic nitrogens is 3. The number of nitrogens with one attached hydrogen (secondary N) is 1. The number of nitrogens with zero attached hydrogens (tertiary/aromatic N) is 3. The molecule has 2 heterocycles. The zero-order chi connectivity index (χ0) is 16.7. The lowest BCUT2D eigenvalue weighted by Crippen LogP contribution is -2.28. The predicted molar refractivity (Wildman–Crippen MR) is 97.4 cm³/mol. The van der Waals surface area contributed by atoms with Crippen LogP contribution in [0.3, 0.4) is 0 Å². The summed E-state index contributed by atoms with van der Waals surface area (Å²) in [6, 6.07) is 12.9. The van der Waals surface area contributed by atoms with Crippen LogP contribution in [0.2, 0.25) is 0 Å². The first-order valence-electron chi connectivity index (χ1n) is 7.48. The Morgan fingerprint density at radius 3 is 2.62 bits per heavy atom. The topological polar surface area (TPSA) is 42.7 Å². The van der Waals surface area contributed by atoms with Gasteiger partial charge in [-0.15, -0.1) is 0 Å². The smallest absolute Gasteiger partial charge is 0.222 e. The number of halogens is 3. The van der Waals surface area contributed by atoms with Gasteiger partial charge >= 0.3 is 0 Å². The molecule has 0 fully saturated rings. The first kappa shape index (κ1) is 15.8. The molecule has 0 saturated carbocycles. The van der Waals surface area contributed by atoms with Crippen molar-refractivity contribution in [2.75, 3.05) is 5.32 Å². The molecule has 0 unspecified atom stereocenters. The van der Waals surface area contributed by atoms with Crippen LogP contribution in [0.1, 0.15) is 29.6 Å². The van der Waals surface area contributed by atoms with Crippen molar-refractivity contribution in [3.8, 4) is 0 Å². The fourth-order valence-electron chi connectivity index (χ4n) is 3.06. The lowest BCUT2D eigenvalue weighted by molar-refractivity contribution is 0.415. The van der Waals surface area contributed by atoms with E-state index in [9.17, 15) is 4.39 Å². The van der Waals surface area contributed by atoms with Crippen molar-refractivity contribution in [2.45, 2.75) is 18.5 Å². The van der Waals surface area contributed by atoms with Crippen molar-refractivity contribution >= 4 is 37.8 Å². The summed E-state index contributed by atoms with van der Waals surface area (Å²) in [6.07, 6.45) is 2.18. The highest BCUT2D eigenvalue weighted by atomic mass is 79.9.